The molecule has 1 unspecified atom stereocenters. The summed E-state index contributed by atoms with van der Waals surface area (Å²) in [5.41, 5.74) is 1.22. The fourth-order valence-corrected chi connectivity index (χ4v) is 3.73. The Balaban J connectivity index is 1.44. The van der Waals surface area contributed by atoms with E-state index in [9.17, 15) is 4.39 Å². The Kier molecular flexibility index (Phi) is 4.28. The summed E-state index contributed by atoms with van der Waals surface area (Å²) in [5, 5.41) is 0. The molecule has 0 saturated heterocycles. The van der Waals surface area contributed by atoms with Gasteiger partial charge in [-0.05, 0) is 54.5 Å². The van der Waals surface area contributed by atoms with Gasteiger partial charge in [0.05, 0.1) is 6.61 Å². The van der Waals surface area contributed by atoms with Gasteiger partial charge in [-0.25, -0.2) is 4.39 Å². The van der Waals surface area contributed by atoms with Gasteiger partial charge >= 0.3 is 0 Å². The minimum atomic E-state index is -0.178. The lowest BCUT2D eigenvalue weighted by atomic mass is 9.76. The van der Waals surface area contributed by atoms with Gasteiger partial charge in [-0.1, -0.05) is 25.0 Å². The van der Waals surface area contributed by atoms with Crippen LogP contribution in [-0.2, 0) is 0 Å². The first-order valence-corrected chi connectivity index (χ1v) is 8.57. The second-order valence-electron chi connectivity index (χ2n) is 6.53. The third kappa shape index (κ3) is 3.18. The standard InChI is InChI=1S/C20H21FO3/c21-16-7-5-14(6-8-16)18-4-2-1-3-15(18)12-22-17-9-10-19-20(11-17)24-13-23-19/h5-11,15,18H,1-4,12-13H2/t15?,18-/m0/s1. The molecule has 0 N–H and O–H groups in total. The zero-order chi connectivity index (χ0) is 16.4. The molecule has 0 aromatic heterocycles. The van der Waals surface area contributed by atoms with Crippen molar-refractivity contribution in [2.45, 2.75) is 31.6 Å². The van der Waals surface area contributed by atoms with E-state index >= 15 is 0 Å². The average Bonchev–Trinajstić information content (AvgIpc) is 3.09. The van der Waals surface area contributed by atoms with Crippen LogP contribution in [0.2, 0.25) is 0 Å². The summed E-state index contributed by atoms with van der Waals surface area (Å²) >= 11 is 0. The number of rotatable bonds is 4. The third-order valence-corrected chi connectivity index (χ3v) is 5.02. The molecule has 1 fully saturated rings. The molecule has 0 bridgehead atoms. The maximum atomic E-state index is 13.2. The van der Waals surface area contributed by atoms with Crippen molar-refractivity contribution in [2.75, 3.05) is 13.4 Å². The summed E-state index contributed by atoms with van der Waals surface area (Å²) in [7, 11) is 0. The van der Waals surface area contributed by atoms with E-state index < -0.39 is 0 Å². The predicted molar refractivity (Wildman–Crippen MR) is 89.2 cm³/mol. The van der Waals surface area contributed by atoms with Crippen molar-refractivity contribution < 1.29 is 18.6 Å². The zero-order valence-electron chi connectivity index (χ0n) is 13.5. The highest BCUT2D eigenvalue weighted by Gasteiger charge is 2.27. The largest absolute Gasteiger partial charge is 0.493 e. The van der Waals surface area contributed by atoms with Gasteiger partial charge < -0.3 is 14.2 Å². The molecular formula is C20H21FO3. The third-order valence-electron chi connectivity index (χ3n) is 5.02. The van der Waals surface area contributed by atoms with Crippen molar-refractivity contribution in [2.24, 2.45) is 5.92 Å². The van der Waals surface area contributed by atoms with E-state index in [-0.39, 0.29) is 12.6 Å². The number of fused-ring (bicyclic) bond motifs is 1. The molecule has 2 aliphatic rings. The molecule has 4 heteroatoms. The molecule has 1 aliphatic heterocycles. The number of hydrogen-bond donors (Lipinski definition) is 0. The normalized spacial score (nSPS) is 22.4. The van der Waals surface area contributed by atoms with Crippen molar-refractivity contribution in [3.63, 3.8) is 0 Å². The number of hydrogen-bond acceptors (Lipinski definition) is 3. The zero-order valence-corrected chi connectivity index (χ0v) is 13.5. The van der Waals surface area contributed by atoms with Crippen LogP contribution in [0, 0.1) is 11.7 Å². The van der Waals surface area contributed by atoms with E-state index in [1.807, 2.05) is 30.3 Å². The molecule has 1 aliphatic carbocycles. The lowest BCUT2D eigenvalue weighted by Gasteiger charge is -2.31. The second-order valence-corrected chi connectivity index (χ2v) is 6.53. The highest BCUT2D eigenvalue weighted by molar-refractivity contribution is 5.46. The summed E-state index contributed by atoms with van der Waals surface area (Å²) < 4.78 is 29.9. The summed E-state index contributed by atoms with van der Waals surface area (Å²) in [6.07, 6.45) is 4.74. The number of ether oxygens (including phenoxy) is 3. The number of benzene rings is 2. The van der Waals surface area contributed by atoms with Gasteiger partial charge in [-0.3, -0.25) is 0 Å². The Morgan fingerprint density at radius 3 is 2.62 bits per heavy atom. The Morgan fingerprint density at radius 2 is 1.75 bits per heavy atom. The van der Waals surface area contributed by atoms with E-state index in [0.717, 1.165) is 30.1 Å². The first kappa shape index (κ1) is 15.3. The molecular weight excluding hydrogens is 307 g/mol. The van der Waals surface area contributed by atoms with Crippen LogP contribution >= 0.6 is 0 Å². The van der Waals surface area contributed by atoms with E-state index in [1.54, 1.807) is 12.1 Å². The number of halogens is 1. The molecule has 0 spiro atoms. The first-order valence-electron chi connectivity index (χ1n) is 8.57. The van der Waals surface area contributed by atoms with Crippen LogP contribution in [-0.4, -0.2) is 13.4 Å². The summed E-state index contributed by atoms with van der Waals surface area (Å²) in [6, 6.07) is 12.6. The van der Waals surface area contributed by atoms with Crippen LogP contribution < -0.4 is 14.2 Å². The lowest BCUT2D eigenvalue weighted by molar-refractivity contribution is 0.173. The average molecular weight is 328 g/mol. The second kappa shape index (κ2) is 6.71. The van der Waals surface area contributed by atoms with Gasteiger partial charge in [0, 0.05) is 6.07 Å². The lowest BCUT2D eigenvalue weighted by Crippen LogP contribution is -2.24. The fraction of sp³-hybridized carbons (Fsp3) is 0.400. The van der Waals surface area contributed by atoms with E-state index in [2.05, 4.69) is 0 Å². The molecule has 3 nitrogen and oxygen atoms in total. The van der Waals surface area contributed by atoms with Gasteiger partial charge in [-0.2, -0.15) is 0 Å². The molecule has 1 heterocycles. The van der Waals surface area contributed by atoms with Crippen LogP contribution in [0.3, 0.4) is 0 Å². The Hall–Kier alpha value is -2.23. The molecule has 126 valence electrons. The molecule has 2 aromatic rings. The van der Waals surface area contributed by atoms with Crippen molar-refractivity contribution in [3.8, 4) is 17.2 Å². The molecule has 4 rings (SSSR count). The van der Waals surface area contributed by atoms with Gasteiger partial charge in [0.2, 0.25) is 6.79 Å². The smallest absolute Gasteiger partial charge is 0.231 e. The SMILES string of the molecule is Fc1ccc([C@@H]2CCCCC2COc2ccc3c(c2)OCO3)cc1. The highest BCUT2D eigenvalue weighted by atomic mass is 19.1. The Labute approximate surface area is 141 Å². The van der Waals surface area contributed by atoms with Gasteiger partial charge in [0.1, 0.15) is 11.6 Å². The minimum Gasteiger partial charge on any atom is -0.493 e. The fourth-order valence-electron chi connectivity index (χ4n) is 3.73. The van der Waals surface area contributed by atoms with Crippen molar-refractivity contribution in [1.82, 2.24) is 0 Å². The quantitative estimate of drug-likeness (QED) is 0.798. The minimum absolute atomic E-state index is 0.178. The molecule has 0 amide bonds. The first-order chi connectivity index (χ1) is 11.8. The van der Waals surface area contributed by atoms with Crippen molar-refractivity contribution in [1.29, 1.82) is 0 Å². The molecule has 2 aromatic carbocycles. The van der Waals surface area contributed by atoms with Crippen molar-refractivity contribution in [3.05, 3.63) is 53.8 Å². The van der Waals surface area contributed by atoms with Crippen LogP contribution in [0.1, 0.15) is 37.2 Å². The van der Waals surface area contributed by atoms with Crippen LogP contribution in [0.15, 0.2) is 42.5 Å². The maximum absolute atomic E-state index is 13.2. The van der Waals surface area contributed by atoms with E-state index in [0.29, 0.717) is 18.4 Å². The molecule has 0 radical (unpaired) electrons. The van der Waals surface area contributed by atoms with Crippen LogP contribution in [0.4, 0.5) is 4.39 Å². The van der Waals surface area contributed by atoms with E-state index in [1.165, 1.54) is 18.4 Å². The monoisotopic (exact) mass is 328 g/mol. The Bertz CT molecular complexity index is 699. The molecule has 24 heavy (non-hydrogen) atoms. The van der Waals surface area contributed by atoms with Crippen LogP contribution in [0.5, 0.6) is 17.2 Å². The topological polar surface area (TPSA) is 27.7 Å². The van der Waals surface area contributed by atoms with E-state index in [4.69, 9.17) is 14.2 Å². The molecule has 2 atom stereocenters. The highest BCUT2D eigenvalue weighted by Crippen LogP contribution is 2.39. The maximum Gasteiger partial charge on any atom is 0.231 e. The molecule has 1 saturated carbocycles. The van der Waals surface area contributed by atoms with Gasteiger partial charge in [0.15, 0.2) is 11.5 Å². The van der Waals surface area contributed by atoms with Gasteiger partial charge in [-0.15, -0.1) is 0 Å². The van der Waals surface area contributed by atoms with Crippen LogP contribution in [0.25, 0.3) is 0 Å². The Morgan fingerprint density at radius 1 is 0.958 bits per heavy atom. The summed E-state index contributed by atoms with van der Waals surface area (Å²) in [4.78, 5) is 0. The van der Waals surface area contributed by atoms with Gasteiger partial charge in [0.25, 0.3) is 0 Å². The summed E-state index contributed by atoms with van der Waals surface area (Å²) in [6.45, 7) is 0.940. The predicted octanol–water partition coefficient (Wildman–Crippen LogP) is 4.91. The van der Waals surface area contributed by atoms with Crippen molar-refractivity contribution >= 4 is 0 Å². The summed E-state index contributed by atoms with van der Waals surface area (Å²) in [5.74, 6) is 3.03.